The van der Waals surface area contributed by atoms with Crippen LogP contribution < -0.4 is 10.1 Å². The molecule has 0 unspecified atom stereocenters. The average molecular weight is 555 g/mol. The molecule has 1 N–H and O–H groups in total. The van der Waals surface area contributed by atoms with Crippen LogP contribution in [0.2, 0.25) is 5.02 Å². The monoisotopic (exact) mass is 554 g/mol. The summed E-state index contributed by atoms with van der Waals surface area (Å²) in [5.41, 5.74) is 2.20. The lowest BCUT2D eigenvalue weighted by Crippen LogP contribution is -2.56. The highest BCUT2D eigenvalue weighted by Crippen LogP contribution is 2.35. The third kappa shape index (κ3) is 6.04. The molecule has 3 amide bonds. The maximum Gasteiger partial charge on any atom is 0.338 e. The first-order valence-corrected chi connectivity index (χ1v) is 13.6. The van der Waals surface area contributed by atoms with Crippen molar-refractivity contribution in [3.05, 3.63) is 76.0 Å². The highest BCUT2D eigenvalue weighted by atomic mass is 35.5. The number of piperazine rings is 1. The Morgan fingerprint density at radius 2 is 1.79 bits per heavy atom. The van der Waals surface area contributed by atoms with E-state index >= 15 is 0 Å². The largest absolute Gasteiger partial charge is 0.497 e. The molecular formula is C29H35ClN4O5. The molecule has 0 aromatic heterocycles. The Labute approximate surface area is 234 Å². The number of benzene rings is 2. The van der Waals surface area contributed by atoms with Gasteiger partial charge in [0, 0.05) is 55.0 Å². The summed E-state index contributed by atoms with van der Waals surface area (Å²) >= 11 is 6.50. The molecule has 1 fully saturated rings. The number of carbonyl (C=O) groups is 3. The van der Waals surface area contributed by atoms with E-state index in [-0.39, 0.29) is 24.6 Å². The van der Waals surface area contributed by atoms with Crippen LogP contribution in [-0.4, -0.2) is 85.1 Å². The molecule has 2 aliphatic heterocycles. The van der Waals surface area contributed by atoms with Crippen molar-refractivity contribution in [2.75, 3.05) is 46.4 Å². The van der Waals surface area contributed by atoms with Crippen LogP contribution in [0.15, 0.2) is 59.8 Å². The minimum Gasteiger partial charge on any atom is -0.497 e. The van der Waals surface area contributed by atoms with Gasteiger partial charge in [0.25, 0.3) is 5.91 Å². The zero-order chi connectivity index (χ0) is 28.1. The summed E-state index contributed by atoms with van der Waals surface area (Å²) in [5.74, 6) is 0.168. The summed E-state index contributed by atoms with van der Waals surface area (Å²) in [7, 11) is 1.59. The molecule has 2 aliphatic rings. The number of hydrogen-bond acceptors (Lipinski definition) is 6. The summed E-state index contributed by atoms with van der Waals surface area (Å²) in [4.78, 5) is 45.4. The van der Waals surface area contributed by atoms with Gasteiger partial charge in [-0.1, -0.05) is 29.8 Å². The first-order valence-electron chi connectivity index (χ1n) is 13.2. The fourth-order valence-electron chi connectivity index (χ4n) is 5.19. The van der Waals surface area contributed by atoms with Crippen molar-refractivity contribution in [1.82, 2.24) is 20.0 Å². The molecule has 0 spiro atoms. The number of nitrogens with zero attached hydrogens (tertiary/aromatic N) is 3. The zero-order valence-corrected chi connectivity index (χ0v) is 23.5. The van der Waals surface area contributed by atoms with E-state index in [2.05, 4.69) is 10.2 Å². The average Bonchev–Trinajstić information content (AvgIpc) is 2.93. The van der Waals surface area contributed by atoms with Crippen molar-refractivity contribution >= 4 is 29.5 Å². The fourth-order valence-corrected chi connectivity index (χ4v) is 5.43. The molecule has 0 radical (unpaired) electrons. The Bertz CT molecular complexity index is 1250. The van der Waals surface area contributed by atoms with Crippen LogP contribution >= 0.6 is 11.6 Å². The summed E-state index contributed by atoms with van der Waals surface area (Å²) < 4.78 is 10.7. The van der Waals surface area contributed by atoms with Crippen molar-refractivity contribution in [3.8, 4) is 5.75 Å². The lowest BCUT2D eigenvalue weighted by molar-refractivity contribution is -0.139. The predicted molar refractivity (Wildman–Crippen MR) is 149 cm³/mol. The van der Waals surface area contributed by atoms with Crippen molar-refractivity contribution in [2.45, 2.75) is 32.9 Å². The van der Waals surface area contributed by atoms with Gasteiger partial charge in [0.1, 0.15) is 5.75 Å². The predicted octanol–water partition coefficient (Wildman–Crippen LogP) is 4.10. The zero-order valence-electron chi connectivity index (χ0n) is 22.8. The molecule has 2 aromatic carbocycles. The molecule has 10 heteroatoms. The van der Waals surface area contributed by atoms with Gasteiger partial charge in [-0.25, -0.2) is 9.59 Å². The van der Waals surface area contributed by atoms with E-state index in [9.17, 15) is 14.4 Å². The Balaban J connectivity index is 1.61. The van der Waals surface area contributed by atoms with Gasteiger partial charge in [0.2, 0.25) is 0 Å². The molecule has 2 heterocycles. The highest BCUT2D eigenvalue weighted by Gasteiger charge is 2.40. The van der Waals surface area contributed by atoms with Crippen molar-refractivity contribution in [2.24, 2.45) is 0 Å². The molecule has 4 rings (SSSR count). The van der Waals surface area contributed by atoms with Crippen LogP contribution in [0, 0.1) is 0 Å². The lowest BCUT2D eigenvalue weighted by atomic mass is 9.94. The quantitative estimate of drug-likeness (QED) is 0.494. The molecule has 0 saturated carbocycles. The molecule has 1 saturated heterocycles. The fraction of sp³-hybridized carbons (Fsp3) is 0.414. The standard InChI is InChI=1S/C29H35ClN4O5/c1-5-33-24(25(28(36)39-6-2)26(31-29(33)37)22-9-7-8-10-23(22)30)18-32-15-16-34(19(3)17-32)27(35)20-11-13-21(38-4)14-12-20/h7-14,19,26H,5-6,15-18H2,1-4H3,(H,31,37)/t19-,26+/m0/s1. The topological polar surface area (TPSA) is 91.4 Å². The molecule has 208 valence electrons. The van der Waals surface area contributed by atoms with E-state index in [1.807, 2.05) is 24.8 Å². The minimum atomic E-state index is -0.738. The lowest BCUT2D eigenvalue weighted by Gasteiger charge is -2.43. The van der Waals surface area contributed by atoms with Crippen molar-refractivity contribution in [1.29, 1.82) is 0 Å². The van der Waals surface area contributed by atoms with Crippen LogP contribution in [0.5, 0.6) is 5.75 Å². The highest BCUT2D eigenvalue weighted by molar-refractivity contribution is 6.31. The van der Waals surface area contributed by atoms with Gasteiger partial charge in [-0.15, -0.1) is 0 Å². The Hall–Kier alpha value is -3.56. The van der Waals surface area contributed by atoms with Crippen LogP contribution in [0.1, 0.15) is 42.7 Å². The van der Waals surface area contributed by atoms with Crippen LogP contribution in [0.3, 0.4) is 0 Å². The van der Waals surface area contributed by atoms with Crippen LogP contribution in [-0.2, 0) is 9.53 Å². The number of nitrogens with one attached hydrogen (secondary N) is 1. The number of methoxy groups -OCH3 is 1. The Morgan fingerprint density at radius 3 is 2.41 bits per heavy atom. The molecule has 2 aromatic rings. The van der Waals surface area contributed by atoms with E-state index in [0.29, 0.717) is 65.9 Å². The van der Waals surface area contributed by atoms with Gasteiger partial charge < -0.3 is 19.7 Å². The number of carbonyl (C=O) groups excluding carboxylic acids is 3. The second-order valence-corrected chi connectivity index (χ2v) is 9.95. The van der Waals surface area contributed by atoms with E-state index in [1.54, 1.807) is 61.4 Å². The molecule has 2 atom stereocenters. The van der Waals surface area contributed by atoms with E-state index in [4.69, 9.17) is 21.1 Å². The van der Waals surface area contributed by atoms with Gasteiger partial charge in [-0.05, 0) is 56.7 Å². The number of halogens is 1. The molecule has 0 bridgehead atoms. The van der Waals surface area contributed by atoms with Gasteiger partial charge in [-0.2, -0.15) is 0 Å². The summed E-state index contributed by atoms with van der Waals surface area (Å²) in [6, 6.07) is 13.1. The number of rotatable bonds is 8. The molecule has 0 aliphatic carbocycles. The number of hydrogen-bond donors (Lipinski definition) is 1. The van der Waals surface area contributed by atoms with Gasteiger partial charge >= 0.3 is 12.0 Å². The maximum absolute atomic E-state index is 13.3. The maximum atomic E-state index is 13.3. The van der Waals surface area contributed by atoms with E-state index < -0.39 is 12.0 Å². The molecular weight excluding hydrogens is 520 g/mol. The number of amides is 3. The smallest absolute Gasteiger partial charge is 0.338 e. The third-order valence-corrected chi connectivity index (χ3v) is 7.49. The summed E-state index contributed by atoms with van der Waals surface area (Å²) in [6.07, 6.45) is 0. The third-order valence-electron chi connectivity index (χ3n) is 7.15. The second-order valence-electron chi connectivity index (χ2n) is 9.54. The van der Waals surface area contributed by atoms with Gasteiger partial charge in [0.05, 0.1) is 25.3 Å². The first-order chi connectivity index (χ1) is 18.8. The Kier molecular flexibility index (Phi) is 9.14. The minimum absolute atomic E-state index is 0.0396. The summed E-state index contributed by atoms with van der Waals surface area (Å²) in [6.45, 7) is 8.24. The van der Waals surface area contributed by atoms with Crippen molar-refractivity contribution < 1.29 is 23.9 Å². The van der Waals surface area contributed by atoms with Crippen LogP contribution in [0.4, 0.5) is 4.79 Å². The summed E-state index contributed by atoms with van der Waals surface area (Å²) in [5, 5.41) is 3.40. The van der Waals surface area contributed by atoms with E-state index in [1.165, 1.54) is 0 Å². The van der Waals surface area contributed by atoms with Gasteiger partial charge in [-0.3, -0.25) is 14.6 Å². The first kappa shape index (κ1) is 28.4. The molecule has 9 nitrogen and oxygen atoms in total. The Morgan fingerprint density at radius 1 is 1.08 bits per heavy atom. The SMILES string of the molecule is CCOC(=O)C1=C(CN2CCN(C(=O)c3ccc(OC)cc3)[C@@H](C)C2)N(CC)C(=O)N[C@@H]1c1ccccc1Cl. The number of ether oxygens (including phenoxy) is 2. The second kappa shape index (κ2) is 12.5. The number of likely N-dealkylation sites (N-methyl/N-ethyl adjacent to an activating group) is 1. The number of urea groups is 1. The number of esters is 1. The van der Waals surface area contributed by atoms with Gasteiger partial charge in [0.15, 0.2) is 0 Å². The van der Waals surface area contributed by atoms with Crippen LogP contribution in [0.25, 0.3) is 0 Å². The van der Waals surface area contributed by atoms with Crippen molar-refractivity contribution in [3.63, 3.8) is 0 Å². The normalized spacial score (nSPS) is 20.1. The molecule has 39 heavy (non-hydrogen) atoms. The van der Waals surface area contributed by atoms with E-state index in [0.717, 1.165) is 0 Å².